The monoisotopic (exact) mass is 619 g/mol. The standard InChI is InChI=1S/C36H53N5O4/c1-3-41(4-2)35(43)30-16-13-24-40(28-30)23-12-6-11-22-37-34(42)21-27-39-25-19-31(20-26-39)45-36(44)38-33-18-10-9-17-32(33)29-14-7-5-8-15-29/h5,7-10,14-15,17-18,30-31H,3-4,6,11-13,16,19-28H2,1-2H3,(H,37,42)(H,38,44)/t30-/m1/s1. The number of amides is 3. The van der Waals surface area contributed by atoms with Gasteiger partial charge in [0.25, 0.3) is 0 Å². The summed E-state index contributed by atoms with van der Waals surface area (Å²) in [5.74, 6) is 0.553. The number of ether oxygens (including phenoxy) is 1. The topological polar surface area (TPSA) is 94.2 Å². The van der Waals surface area contributed by atoms with Gasteiger partial charge in [-0.25, -0.2) is 4.79 Å². The van der Waals surface area contributed by atoms with Gasteiger partial charge in [-0.05, 0) is 77.1 Å². The van der Waals surface area contributed by atoms with Crippen molar-refractivity contribution in [3.8, 4) is 11.1 Å². The molecule has 2 saturated heterocycles. The highest BCUT2D eigenvalue weighted by atomic mass is 16.6. The van der Waals surface area contributed by atoms with Crippen LogP contribution in [-0.2, 0) is 14.3 Å². The molecular formula is C36H53N5O4. The molecular weight excluding hydrogens is 566 g/mol. The fraction of sp³-hybridized carbons (Fsp3) is 0.583. The van der Waals surface area contributed by atoms with E-state index in [2.05, 4.69) is 34.3 Å². The molecule has 0 radical (unpaired) electrons. The zero-order chi connectivity index (χ0) is 31.9. The van der Waals surface area contributed by atoms with Crippen molar-refractivity contribution in [1.82, 2.24) is 20.0 Å². The minimum absolute atomic E-state index is 0.0959. The zero-order valence-corrected chi connectivity index (χ0v) is 27.3. The van der Waals surface area contributed by atoms with Crippen molar-refractivity contribution in [2.24, 2.45) is 5.92 Å². The van der Waals surface area contributed by atoms with Crippen LogP contribution in [0.5, 0.6) is 0 Å². The third-order valence-corrected chi connectivity index (χ3v) is 9.12. The lowest BCUT2D eigenvalue weighted by atomic mass is 9.96. The first kappa shape index (κ1) is 34.4. The Labute approximate surface area is 269 Å². The third kappa shape index (κ3) is 11.2. The molecule has 2 N–H and O–H groups in total. The van der Waals surface area contributed by atoms with Crippen LogP contribution < -0.4 is 10.6 Å². The molecule has 3 amide bonds. The Bertz CT molecular complexity index is 1200. The molecule has 0 bridgehead atoms. The Morgan fingerprint density at radius 1 is 0.844 bits per heavy atom. The highest BCUT2D eigenvalue weighted by Gasteiger charge is 2.28. The fourth-order valence-electron chi connectivity index (χ4n) is 6.47. The predicted octanol–water partition coefficient (Wildman–Crippen LogP) is 5.62. The number of hydrogen-bond donors (Lipinski definition) is 2. The van der Waals surface area contributed by atoms with Gasteiger partial charge in [-0.2, -0.15) is 0 Å². The predicted molar refractivity (Wildman–Crippen MR) is 180 cm³/mol. The van der Waals surface area contributed by atoms with Gasteiger partial charge in [0.1, 0.15) is 6.10 Å². The van der Waals surface area contributed by atoms with Crippen LogP contribution >= 0.6 is 0 Å². The number of para-hydroxylation sites is 1. The van der Waals surface area contributed by atoms with E-state index in [1.54, 1.807) is 0 Å². The van der Waals surface area contributed by atoms with Crippen molar-refractivity contribution >= 4 is 23.6 Å². The van der Waals surface area contributed by atoms with Gasteiger partial charge >= 0.3 is 6.09 Å². The second-order valence-corrected chi connectivity index (χ2v) is 12.3. The van der Waals surface area contributed by atoms with Gasteiger partial charge in [0, 0.05) is 57.8 Å². The summed E-state index contributed by atoms with van der Waals surface area (Å²) in [5.41, 5.74) is 2.73. The van der Waals surface area contributed by atoms with Gasteiger partial charge in [-0.1, -0.05) is 55.0 Å². The van der Waals surface area contributed by atoms with E-state index < -0.39 is 6.09 Å². The zero-order valence-electron chi connectivity index (χ0n) is 27.3. The highest BCUT2D eigenvalue weighted by molar-refractivity contribution is 5.91. The molecule has 246 valence electrons. The van der Waals surface area contributed by atoms with Crippen molar-refractivity contribution < 1.29 is 19.1 Å². The maximum atomic E-state index is 12.7. The molecule has 45 heavy (non-hydrogen) atoms. The van der Waals surface area contributed by atoms with Crippen molar-refractivity contribution in [2.45, 2.75) is 71.3 Å². The van der Waals surface area contributed by atoms with E-state index in [9.17, 15) is 14.4 Å². The first-order chi connectivity index (χ1) is 22.0. The molecule has 9 heteroatoms. The lowest BCUT2D eigenvalue weighted by Crippen LogP contribution is -2.45. The Morgan fingerprint density at radius 3 is 2.33 bits per heavy atom. The summed E-state index contributed by atoms with van der Waals surface area (Å²) < 4.78 is 5.74. The molecule has 0 aromatic heterocycles. The molecule has 0 saturated carbocycles. The number of benzene rings is 2. The van der Waals surface area contributed by atoms with Gasteiger partial charge in [0.05, 0.1) is 11.6 Å². The van der Waals surface area contributed by atoms with Crippen LogP contribution in [0.1, 0.15) is 65.2 Å². The van der Waals surface area contributed by atoms with Crippen LogP contribution in [-0.4, -0.2) is 97.6 Å². The van der Waals surface area contributed by atoms with Crippen LogP contribution in [0.3, 0.4) is 0 Å². The summed E-state index contributed by atoms with van der Waals surface area (Å²) in [6, 6.07) is 17.7. The van der Waals surface area contributed by atoms with Crippen LogP contribution in [0.25, 0.3) is 11.1 Å². The van der Waals surface area contributed by atoms with Gasteiger partial charge in [-0.15, -0.1) is 0 Å². The lowest BCUT2D eigenvalue weighted by molar-refractivity contribution is -0.137. The average molecular weight is 620 g/mol. The summed E-state index contributed by atoms with van der Waals surface area (Å²) in [7, 11) is 0. The second-order valence-electron chi connectivity index (χ2n) is 12.3. The normalized spacial score (nSPS) is 17.9. The molecule has 9 nitrogen and oxygen atoms in total. The first-order valence-electron chi connectivity index (χ1n) is 17.1. The number of likely N-dealkylation sites (tertiary alicyclic amines) is 2. The Kier molecular flexibility index (Phi) is 14.2. The molecule has 2 heterocycles. The van der Waals surface area contributed by atoms with Crippen molar-refractivity contribution in [2.75, 3.05) is 64.2 Å². The molecule has 4 rings (SSSR count). The molecule has 0 spiro atoms. The quantitative estimate of drug-likeness (QED) is 0.251. The maximum absolute atomic E-state index is 12.7. The van der Waals surface area contributed by atoms with E-state index in [4.69, 9.17) is 4.74 Å². The number of piperidine rings is 2. The Balaban J connectivity index is 1.04. The number of anilines is 1. The number of carbonyl (C=O) groups excluding carboxylic acids is 3. The number of unbranched alkanes of at least 4 members (excludes halogenated alkanes) is 2. The van der Waals surface area contributed by atoms with Gasteiger partial charge in [0.2, 0.25) is 11.8 Å². The molecule has 0 unspecified atom stereocenters. The summed E-state index contributed by atoms with van der Waals surface area (Å²) in [4.78, 5) is 44.5. The molecule has 2 aliphatic heterocycles. The number of rotatable bonds is 15. The van der Waals surface area contributed by atoms with Crippen LogP contribution in [0.15, 0.2) is 54.6 Å². The fourth-order valence-corrected chi connectivity index (χ4v) is 6.47. The summed E-state index contributed by atoms with van der Waals surface area (Å²) in [5, 5.41) is 6.00. The Morgan fingerprint density at radius 2 is 1.58 bits per heavy atom. The third-order valence-electron chi connectivity index (χ3n) is 9.12. The summed E-state index contributed by atoms with van der Waals surface area (Å²) in [6.45, 7) is 11.7. The lowest BCUT2D eigenvalue weighted by Gasteiger charge is -2.34. The van der Waals surface area contributed by atoms with E-state index in [1.165, 1.54) is 0 Å². The highest BCUT2D eigenvalue weighted by Crippen LogP contribution is 2.28. The van der Waals surface area contributed by atoms with Gasteiger partial charge < -0.3 is 24.8 Å². The number of carbonyl (C=O) groups is 3. The van der Waals surface area contributed by atoms with E-state index in [0.717, 1.165) is 114 Å². The Hall–Kier alpha value is -3.43. The molecule has 2 aliphatic rings. The largest absolute Gasteiger partial charge is 0.446 e. The summed E-state index contributed by atoms with van der Waals surface area (Å²) >= 11 is 0. The van der Waals surface area contributed by atoms with E-state index in [-0.39, 0.29) is 17.9 Å². The van der Waals surface area contributed by atoms with Gasteiger partial charge in [-0.3, -0.25) is 14.9 Å². The number of nitrogens with one attached hydrogen (secondary N) is 2. The first-order valence-corrected chi connectivity index (χ1v) is 17.1. The maximum Gasteiger partial charge on any atom is 0.411 e. The minimum atomic E-state index is -0.429. The molecule has 2 aromatic carbocycles. The van der Waals surface area contributed by atoms with Crippen molar-refractivity contribution in [1.29, 1.82) is 0 Å². The molecule has 2 aromatic rings. The SMILES string of the molecule is CCN(CC)C(=O)[C@@H]1CCCN(CCCCCNC(=O)CCN2CCC(OC(=O)Nc3ccccc3-c3ccccc3)CC2)C1. The van der Waals surface area contributed by atoms with Crippen molar-refractivity contribution in [3.63, 3.8) is 0 Å². The molecule has 0 aliphatic carbocycles. The van der Waals surface area contributed by atoms with Gasteiger partial charge in [0.15, 0.2) is 0 Å². The minimum Gasteiger partial charge on any atom is -0.446 e. The van der Waals surface area contributed by atoms with Crippen LogP contribution in [0, 0.1) is 5.92 Å². The van der Waals surface area contributed by atoms with Crippen LogP contribution in [0.4, 0.5) is 10.5 Å². The average Bonchev–Trinajstić information content (AvgIpc) is 3.07. The second kappa shape index (κ2) is 18.5. The van der Waals surface area contributed by atoms with E-state index >= 15 is 0 Å². The summed E-state index contributed by atoms with van der Waals surface area (Å²) in [6.07, 6.45) is 6.69. The van der Waals surface area contributed by atoms with E-state index in [0.29, 0.717) is 18.9 Å². The number of nitrogens with zero attached hydrogens (tertiary/aromatic N) is 3. The molecule has 1 atom stereocenters. The smallest absolute Gasteiger partial charge is 0.411 e. The van der Waals surface area contributed by atoms with Crippen molar-refractivity contribution in [3.05, 3.63) is 54.6 Å². The van der Waals surface area contributed by atoms with E-state index in [1.807, 2.05) is 59.5 Å². The van der Waals surface area contributed by atoms with Crippen LogP contribution in [0.2, 0.25) is 0 Å². The molecule has 2 fully saturated rings. The number of hydrogen-bond acceptors (Lipinski definition) is 6.